The maximum absolute atomic E-state index is 13.9. The molecule has 0 saturated carbocycles. The van der Waals surface area contributed by atoms with Crippen LogP contribution in [0.5, 0.6) is 5.75 Å². The van der Waals surface area contributed by atoms with Crippen molar-refractivity contribution in [2.45, 2.75) is 50.4 Å². The quantitative estimate of drug-likeness (QED) is 0.108. The van der Waals surface area contributed by atoms with Crippen molar-refractivity contribution in [3.63, 3.8) is 0 Å². The van der Waals surface area contributed by atoms with Crippen LogP contribution in [0.15, 0.2) is 67.0 Å². The van der Waals surface area contributed by atoms with Gasteiger partial charge in [-0.15, -0.1) is 0 Å². The number of hydrogen-bond donors (Lipinski definition) is 2. The first-order valence-corrected chi connectivity index (χ1v) is 22.2. The second-order valence-electron chi connectivity index (χ2n) is 17.1. The average Bonchev–Trinajstić information content (AvgIpc) is 3.83. The van der Waals surface area contributed by atoms with Gasteiger partial charge in [0.1, 0.15) is 42.0 Å². The molecule has 17 nitrogen and oxygen atoms in total. The van der Waals surface area contributed by atoms with Gasteiger partial charge in [0.15, 0.2) is 5.65 Å². The van der Waals surface area contributed by atoms with Gasteiger partial charge in [-0.2, -0.15) is 5.10 Å². The van der Waals surface area contributed by atoms with Crippen LogP contribution in [0.1, 0.15) is 68.4 Å². The maximum atomic E-state index is 13.9. The van der Waals surface area contributed by atoms with Crippen LogP contribution in [0.2, 0.25) is 0 Å². The van der Waals surface area contributed by atoms with E-state index in [1.165, 1.54) is 25.6 Å². The number of methoxy groups -OCH3 is 1. The second-order valence-corrected chi connectivity index (χ2v) is 17.1. The molecule has 4 aliphatic rings. The predicted octanol–water partition coefficient (Wildman–Crippen LogP) is 3.44. The molecule has 6 heterocycles. The van der Waals surface area contributed by atoms with Crippen LogP contribution in [0, 0.1) is 5.82 Å². The lowest BCUT2D eigenvalue weighted by Crippen LogP contribution is -2.62. The average molecular weight is 886 g/mol. The first kappa shape index (κ1) is 43.6. The number of aromatic nitrogens is 4. The summed E-state index contributed by atoms with van der Waals surface area (Å²) in [6.07, 6.45) is 4.82. The van der Waals surface area contributed by atoms with Crippen molar-refractivity contribution in [2.24, 2.45) is 0 Å². The third-order valence-corrected chi connectivity index (χ3v) is 13.3. The third-order valence-electron chi connectivity index (χ3n) is 13.3. The number of aldehydes is 2. The van der Waals surface area contributed by atoms with Crippen molar-refractivity contribution in [2.75, 3.05) is 83.2 Å². The van der Waals surface area contributed by atoms with Gasteiger partial charge in [0, 0.05) is 95.7 Å². The zero-order chi connectivity index (χ0) is 45.2. The number of benzene rings is 3. The van der Waals surface area contributed by atoms with Gasteiger partial charge in [-0.3, -0.25) is 34.0 Å². The Morgan fingerprint density at radius 2 is 1.63 bits per heavy atom. The first-order chi connectivity index (χ1) is 31.6. The molecule has 0 bridgehead atoms. The van der Waals surface area contributed by atoms with Crippen molar-refractivity contribution in [3.8, 4) is 17.0 Å². The van der Waals surface area contributed by atoms with Crippen LogP contribution in [0.25, 0.3) is 22.3 Å². The topological polar surface area (TPSA) is 192 Å². The Kier molecular flexibility index (Phi) is 12.6. The number of rotatable bonds is 16. The lowest BCUT2D eigenvalue weighted by atomic mass is 9.99. The minimum Gasteiger partial charge on any atom is -0.496 e. The molecular weight excluding hydrogens is 834 g/mol. The fraction of sp³-hybridized carbons (Fsp3) is 0.404. The lowest BCUT2D eigenvalue weighted by molar-refractivity contribution is -0.112. The van der Waals surface area contributed by atoms with Crippen LogP contribution in [0.4, 0.5) is 15.9 Å². The summed E-state index contributed by atoms with van der Waals surface area (Å²) >= 11 is 0. The monoisotopic (exact) mass is 885 g/mol. The van der Waals surface area contributed by atoms with Crippen LogP contribution in [0.3, 0.4) is 0 Å². The van der Waals surface area contributed by atoms with Gasteiger partial charge in [-0.05, 0) is 61.2 Å². The molecule has 4 aliphatic heterocycles. The van der Waals surface area contributed by atoms with Crippen LogP contribution >= 0.6 is 0 Å². The van der Waals surface area contributed by atoms with Gasteiger partial charge in [0.05, 0.1) is 41.3 Å². The number of halogens is 1. The highest BCUT2D eigenvalue weighted by Gasteiger charge is 2.40. The zero-order valence-electron chi connectivity index (χ0n) is 36.3. The number of imide groups is 1. The molecule has 0 radical (unpaired) electrons. The minimum atomic E-state index is -0.952. The maximum Gasteiger partial charge on any atom is 0.262 e. The standard InChI is InChI=1S/C47H52FN11O6/c1-65-40-11-8-32(48)23-39(40)45(62)50-25-30-4-6-31(7-5-30)42-41-43(49)51-29-52-44(41)59(53-42)33-12-14-56(15-13-33)36-26-55(27-36)17-16-54-18-20-57(21-19-54)34-9-10-37-38(24-34)47(64)58(46(37)63)35(28-61)3-2-22-60/h4-11,22-24,28-29,33,35-36H,2-3,12-21,25-27H2,1H3,(H,50,62)(H2,49,51,52). The van der Waals surface area contributed by atoms with Gasteiger partial charge in [-0.1, -0.05) is 24.3 Å². The first-order valence-electron chi connectivity index (χ1n) is 22.2. The van der Waals surface area contributed by atoms with E-state index < -0.39 is 29.6 Å². The Morgan fingerprint density at radius 3 is 2.35 bits per heavy atom. The molecule has 0 spiro atoms. The van der Waals surface area contributed by atoms with E-state index in [-0.39, 0.29) is 31.0 Å². The molecule has 1 unspecified atom stereocenters. The van der Waals surface area contributed by atoms with Crippen molar-refractivity contribution >= 4 is 52.8 Å². The van der Waals surface area contributed by atoms with Crippen molar-refractivity contribution < 1.29 is 33.1 Å². The normalized spacial score (nSPS) is 18.2. The molecule has 338 valence electrons. The van der Waals surface area contributed by atoms with Gasteiger partial charge in [-0.25, -0.2) is 19.0 Å². The zero-order valence-corrected chi connectivity index (χ0v) is 36.3. The molecule has 18 heteroatoms. The molecule has 1 atom stereocenters. The summed E-state index contributed by atoms with van der Waals surface area (Å²) in [6, 6.07) is 16.6. The summed E-state index contributed by atoms with van der Waals surface area (Å²) in [5.41, 5.74) is 11.2. The highest BCUT2D eigenvalue weighted by atomic mass is 19.1. The highest BCUT2D eigenvalue weighted by Crippen LogP contribution is 2.35. The third kappa shape index (κ3) is 8.80. The van der Waals surface area contributed by atoms with E-state index in [2.05, 4.69) is 34.9 Å². The summed E-state index contributed by atoms with van der Waals surface area (Å²) in [4.78, 5) is 81.4. The van der Waals surface area contributed by atoms with Gasteiger partial charge in [0.25, 0.3) is 17.7 Å². The largest absolute Gasteiger partial charge is 0.496 e. The number of hydrogen-bond acceptors (Lipinski definition) is 14. The molecule has 0 aliphatic carbocycles. The van der Waals surface area contributed by atoms with Gasteiger partial charge >= 0.3 is 0 Å². The van der Waals surface area contributed by atoms with Crippen molar-refractivity contribution in [3.05, 3.63) is 95.1 Å². The number of nitrogens with zero attached hydrogens (tertiary/aromatic N) is 9. The molecule has 3 N–H and O–H groups in total. The summed E-state index contributed by atoms with van der Waals surface area (Å²) in [5.74, 6) is -1.26. The van der Waals surface area contributed by atoms with Gasteiger partial charge < -0.3 is 30.3 Å². The number of fused-ring (bicyclic) bond motifs is 2. The van der Waals surface area contributed by atoms with Crippen molar-refractivity contribution in [1.82, 2.24) is 44.7 Å². The molecule has 3 aromatic carbocycles. The Morgan fingerprint density at radius 1 is 0.892 bits per heavy atom. The predicted molar refractivity (Wildman–Crippen MR) is 240 cm³/mol. The van der Waals surface area contributed by atoms with Crippen molar-refractivity contribution in [1.29, 1.82) is 0 Å². The molecule has 5 aromatic rings. The van der Waals surface area contributed by atoms with E-state index >= 15 is 0 Å². The number of piperazine rings is 1. The van der Waals surface area contributed by atoms with Crippen LogP contribution in [-0.2, 0) is 16.1 Å². The molecule has 9 rings (SSSR count). The second kappa shape index (κ2) is 18.8. The number of nitrogens with one attached hydrogen (secondary N) is 1. The summed E-state index contributed by atoms with van der Waals surface area (Å²) in [7, 11) is 1.44. The van der Waals surface area contributed by atoms with E-state index in [4.69, 9.17) is 15.6 Å². The Bertz CT molecular complexity index is 2600. The number of ether oxygens (including phenoxy) is 1. The summed E-state index contributed by atoms with van der Waals surface area (Å²) in [5, 5.41) is 8.65. The van der Waals surface area contributed by atoms with E-state index in [9.17, 15) is 28.4 Å². The number of carbonyl (C=O) groups is 5. The minimum absolute atomic E-state index is 0.0949. The smallest absolute Gasteiger partial charge is 0.262 e. The number of anilines is 2. The molecule has 2 aromatic heterocycles. The fourth-order valence-corrected chi connectivity index (χ4v) is 9.57. The summed E-state index contributed by atoms with van der Waals surface area (Å²) < 4.78 is 21.1. The van der Waals surface area contributed by atoms with Crippen LogP contribution in [-0.4, -0.2) is 154 Å². The van der Waals surface area contributed by atoms with E-state index in [1.807, 2.05) is 35.0 Å². The summed E-state index contributed by atoms with van der Waals surface area (Å²) in [6.45, 7) is 9.61. The number of nitrogen functional groups attached to an aromatic ring is 1. The van der Waals surface area contributed by atoms with E-state index in [0.717, 1.165) is 106 Å². The SMILES string of the molecule is COc1ccc(F)cc1C(=O)NCc1ccc(-c2nn(C3CCN(C4CN(CCN5CCN(c6ccc7c(c6)C(=O)N(C(C=O)CCC=O)C7=O)CC5)C4)CC3)c3ncnc(N)c23)cc1. The van der Waals surface area contributed by atoms with E-state index in [1.54, 1.807) is 12.1 Å². The molecule has 65 heavy (non-hydrogen) atoms. The number of carbonyl (C=O) groups excluding carboxylic acids is 5. The molecule has 3 saturated heterocycles. The lowest BCUT2D eigenvalue weighted by Gasteiger charge is -2.48. The fourth-order valence-electron chi connectivity index (χ4n) is 9.57. The van der Waals surface area contributed by atoms with Crippen LogP contribution < -0.4 is 20.7 Å². The number of nitrogens with two attached hydrogens (primary N) is 1. The molecule has 3 amide bonds. The number of likely N-dealkylation sites (tertiary alicyclic amines) is 2. The van der Waals surface area contributed by atoms with E-state index in [0.29, 0.717) is 58.0 Å². The van der Waals surface area contributed by atoms with Gasteiger partial charge in [0.2, 0.25) is 0 Å². The molecule has 3 fully saturated rings. The Hall–Kier alpha value is -6.63. The Balaban J connectivity index is 0.735. The molecular formula is C47H52FN11O6. The number of amides is 3. The number of piperidine rings is 1. The highest BCUT2D eigenvalue weighted by molar-refractivity contribution is 6.22. The Labute approximate surface area is 375 Å².